The topological polar surface area (TPSA) is 112 Å². The van der Waals surface area contributed by atoms with Crippen molar-refractivity contribution in [2.45, 2.75) is 6.92 Å². The van der Waals surface area contributed by atoms with Crippen molar-refractivity contribution in [1.29, 1.82) is 0 Å². The highest BCUT2D eigenvalue weighted by Gasteiger charge is 2.37. The summed E-state index contributed by atoms with van der Waals surface area (Å²) >= 11 is 0. The number of hydrazine groups is 3. The fourth-order valence-corrected chi connectivity index (χ4v) is 7.13. The van der Waals surface area contributed by atoms with Crippen LogP contribution in [0.3, 0.4) is 0 Å². The molecule has 0 aromatic heterocycles. The minimum Gasteiger partial charge on any atom is -0.507 e. The van der Waals surface area contributed by atoms with E-state index in [1.807, 2.05) is 49.4 Å². The molecule has 0 radical (unpaired) electrons. The molecule has 1 aliphatic heterocycles. The Kier molecular flexibility index (Phi) is 6.58. The lowest BCUT2D eigenvalue weighted by Gasteiger charge is -2.30. The molecule has 0 bridgehead atoms. The van der Waals surface area contributed by atoms with E-state index in [1.54, 1.807) is 48.5 Å². The van der Waals surface area contributed by atoms with Crippen LogP contribution in [0.1, 0.15) is 5.56 Å². The fraction of sp³-hybridized carbons (Fsp3) is 0.0400. The van der Waals surface area contributed by atoms with Crippen LogP contribution < -0.4 is 36.6 Å². The van der Waals surface area contributed by atoms with Gasteiger partial charge in [0.2, 0.25) is 0 Å². The molecule has 2 unspecified atom stereocenters. The van der Waals surface area contributed by atoms with Gasteiger partial charge in [-0.1, -0.05) is 72.8 Å². The maximum Gasteiger partial charge on any atom is 0.362 e. The van der Waals surface area contributed by atoms with Gasteiger partial charge in [0, 0.05) is 22.0 Å². The monoisotopic (exact) mass is 506 g/mol. The Labute approximate surface area is 203 Å². The zero-order valence-corrected chi connectivity index (χ0v) is 20.7. The van der Waals surface area contributed by atoms with Crippen molar-refractivity contribution >= 4 is 26.1 Å². The summed E-state index contributed by atoms with van der Waals surface area (Å²) in [5.41, 5.74) is 9.04. The van der Waals surface area contributed by atoms with Crippen LogP contribution in [0.25, 0.3) is 22.3 Å². The van der Waals surface area contributed by atoms with Crippen LogP contribution in [-0.2, 0) is 9.13 Å². The van der Waals surface area contributed by atoms with Crippen molar-refractivity contribution in [1.82, 2.24) is 21.5 Å². The summed E-state index contributed by atoms with van der Waals surface area (Å²) in [7, 11) is -6.11. The number of nitrogens with one attached hydrogen (secondary N) is 4. The van der Waals surface area contributed by atoms with Gasteiger partial charge < -0.3 is 14.2 Å². The molecular formula is C25H24N4O4P2. The number of hydrogen-bond acceptors (Lipinski definition) is 6. The molecule has 5 N–H and O–H groups in total. The van der Waals surface area contributed by atoms with Crippen molar-refractivity contribution in [2.24, 2.45) is 0 Å². The van der Waals surface area contributed by atoms with Crippen molar-refractivity contribution in [3.05, 3.63) is 96.6 Å². The van der Waals surface area contributed by atoms with Crippen LogP contribution in [0.15, 0.2) is 91.0 Å². The Bertz CT molecular complexity index is 1480. The van der Waals surface area contributed by atoms with Crippen LogP contribution >= 0.6 is 15.5 Å². The molecule has 1 aliphatic rings. The van der Waals surface area contributed by atoms with Crippen LogP contribution in [-0.4, -0.2) is 5.11 Å². The van der Waals surface area contributed by atoms with E-state index in [4.69, 9.17) is 4.52 Å². The summed E-state index contributed by atoms with van der Waals surface area (Å²) in [4.78, 5) is 0. The molecule has 0 saturated heterocycles. The van der Waals surface area contributed by atoms with Gasteiger partial charge in [-0.05, 0) is 36.2 Å². The first-order valence-electron chi connectivity index (χ1n) is 10.9. The molecule has 0 saturated carbocycles. The highest BCUT2D eigenvalue weighted by molar-refractivity contribution is 7.65. The van der Waals surface area contributed by atoms with E-state index in [0.717, 1.165) is 16.7 Å². The maximum absolute atomic E-state index is 13.9. The zero-order valence-electron chi connectivity index (χ0n) is 18.8. The van der Waals surface area contributed by atoms with Crippen molar-refractivity contribution in [2.75, 3.05) is 0 Å². The predicted molar refractivity (Wildman–Crippen MR) is 139 cm³/mol. The standard InChI is InChI=1S/C25H24N4O4P2/c1-17-9-8-13-21-19-11-3-6-15-23(19)33-35(32,25(17)21)29-27-26-28-34(31)24-16-7-4-12-20(24)18-10-2-5-14-22(18)30/h2-16,26-27,30,34H,1H3,(H,28,31)(H,29,32). The number of hydrogen-bond donors (Lipinski definition) is 5. The first-order chi connectivity index (χ1) is 17.0. The first kappa shape index (κ1) is 23.5. The molecule has 2 atom stereocenters. The average molecular weight is 506 g/mol. The number of phenolic OH excluding ortho intramolecular Hbond substituents is 1. The highest BCUT2D eigenvalue weighted by atomic mass is 31.2. The number of rotatable bonds is 7. The third kappa shape index (κ3) is 4.56. The summed E-state index contributed by atoms with van der Waals surface area (Å²) < 4.78 is 32.9. The lowest BCUT2D eigenvalue weighted by Crippen LogP contribution is -2.49. The molecule has 4 aromatic rings. The first-order valence-corrected chi connectivity index (χ1v) is 14.0. The Morgan fingerprint density at radius 3 is 2.23 bits per heavy atom. The Hall–Kier alpha value is -3.22. The van der Waals surface area contributed by atoms with Crippen LogP contribution in [0.5, 0.6) is 11.5 Å². The molecular weight excluding hydrogens is 482 g/mol. The normalized spacial score (nSPS) is 17.2. The van der Waals surface area contributed by atoms with Gasteiger partial charge in [-0.3, -0.25) is 4.57 Å². The molecule has 1 heterocycles. The van der Waals surface area contributed by atoms with Gasteiger partial charge in [0.15, 0.2) is 7.95 Å². The summed E-state index contributed by atoms with van der Waals surface area (Å²) in [6.45, 7) is 1.88. The smallest absolute Gasteiger partial charge is 0.362 e. The van der Waals surface area contributed by atoms with Gasteiger partial charge in [0.25, 0.3) is 0 Å². The van der Waals surface area contributed by atoms with Crippen LogP contribution in [0.4, 0.5) is 0 Å². The van der Waals surface area contributed by atoms with Gasteiger partial charge in [-0.2, -0.15) is 21.5 Å². The van der Waals surface area contributed by atoms with Crippen molar-refractivity contribution < 1.29 is 18.8 Å². The van der Waals surface area contributed by atoms with E-state index < -0.39 is 15.5 Å². The maximum atomic E-state index is 13.9. The second kappa shape index (κ2) is 9.80. The second-order valence-corrected chi connectivity index (χ2v) is 11.4. The van der Waals surface area contributed by atoms with E-state index in [1.165, 1.54) is 0 Å². The molecule has 4 aromatic carbocycles. The number of para-hydroxylation sites is 2. The molecule has 178 valence electrons. The predicted octanol–water partition coefficient (Wildman–Crippen LogP) is 4.15. The summed E-state index contributed by atoms with van der Waals surface area (Å²) in [5, 5.41) is 16.8. The minimum absolute atomic E-state index is 0.101. The van der Waals surface area contributed by atoms with Crippen LogP contribution in [0.2, 0.25) is 0 Å². The average Bonchev–Trinajstić information content (AvgIpc) is 2.87. The lowest BCUT2D eigenvalue weighted by molar-refractivity contribution is 0.425. The van der Waals surface area contributed by atoms with E-state index >= 15 is 0 Å². The summed E-state index contributed by atoms with van der Waals surface area (Å²) in [6.07, 6.45) is 0. The molecule has 10 heteroatoms. The third-order valence-corrected chi connectivity index (χ3v) is 9.06. The van der Waals surface area contributed by atoms with Gasteiger partial charge in [-0.15, -0.1) is 0 Å². The molecule has 35 heavy (non-hydrogen) atoms. The largest absolute Gasteiger partial charge is 0.507 e. The van der Waals surface area contributed by atoms with Gasteiger partial charge in [0.05, 0.1) is 5.30 Å². The Balaban J connectivity index is 1.31. The van der Waals surface area contributed by atoms with E-state index in [0.29, 0.717) is 27.5 Å². The number of aryl methyl sites for hydroxylation is 1. The van der Waals surface area contributed by atoms with E-state index in [2.05, 4.69) is 21.5 Å². The number of fused-ring (bicyclic) bond motifs is 3. The molecule has 8 nitrogen and oxygen atoms in total. The highest BCUT2D eigenvalue weighted by Crippen LogP contribution is 2.52. The van der Waals surface area contributed by atoms with Gasteiger partial charge in [-0.25, -0.2) is 0 Å². The molecule has 0 amide bonds. The third-order valence-electron chi connectivity index (χ3n) is 5.74. The van der Waals surface area contributed by atoms with Crippen LogP contribution in [0, 0.1) is 6.92 Å². The number of phenols is 1. The second-order valence-electron chi connectivity index (χ2n) is 7.99. The minimum atomic E-state index is -3.56. The molecule has 5 rings (SSSR count). The lowest BCUT2D eigenvalue weighted by atomic mass is 10.0. The fourth-order valence-electron chi connectivity index (χ4n) is 4.17. The Morgan fingerprint density at radius 1 is 0.771 bits per heavy atom. The quantitative estimate of drug-likeness (QED) is 0.144. The van der Waals surface area contributed by atoms with E-state index in [-0.39, 0.29) is 5.75 Å². The van der Waals surface area contributed by atoms with Gasteiger partial charge >= 0.3 is 7.52 Å². The number of aromatic hydroxyl groups is 1. The summed E-state index contributed by atoms with van der Waals surface area (Å²) in [5.74, 6) is 0.616. The van der Waals surface area contributed by atoms with Crippen molar-refractivity contribution in [3.63, 3.8) is 0 Å². The Morgan fingerprint density at radius 2 is 1.43 bits per heavy atom. The zero-order chi connectivity index (χ0) is 24.4. The molecule has 0 spiro atoms. The van der Waals surface area contributed by atoms with Gasteiger partial charge in [0.1, 0.15) is 11.5 Å². The molecule has 0 aliphatic carbocycles. The number of benzene rings is 4. The van der Waals surface area contributed by atoms with E-state index in [9.17, 15) is 14.2 Å². The molecule has 0 fully saturated rings. The summed E-state index contributed by atoms with van der Waals surface area (Å²) in [6, 6.07) is 27.2. The van der Waals surface area contributed by atoms with Crippen molar-refractivity contribution in [3.8, 4) is 33.8 Å². The SMILES string of the molecule is Cc1cccc2c1P(=O)(NNNN[PH](=O)c1ccccc1-c1ccccc1O)Oc1ccccc1-2.